The van der Waals surface area contributed by atoms with Gasteiger partial charge >= 0.3 is 0 Å². The second-order valence-corrected chi connectivity index (χ2v) is 5.59. The Labute approximate surface area is 93.7 Å². The van der Waals surface area contributed by atoms with Crippen molar-refractivity contribution in [2.75, 3.05) is 39.3 Å². The van der Waals surface area contributed by atoms with Gasteiger partial charge in [-0.1, -0.05) is 20.8 Å². The van der Waals surface area contributed by atoms with Crippen LogP contribution in [0.15, 0.2) is 0 Å². The minimum absolute atomic E-state index is 0.398. The van der Waals surface area contributed by atoms with Crippen LogP contribution < -0.4 is 0 Å². The highest BCUT2D eigenvalue weighted by Crippen LogP contribution is 2.16. The van der Waals surface area contributed by atoms with Gasteiger partial charge in [0.05, 0.1) is 6.07 Å². The first kappa shape index (κ1) is 12.5. The Bertz CT molecular complexity index is 216. The van der Waals surface area contributed by atoms with E-state index in [4.69, 9.17) is 5.26 Å². The minimum atomic E-state index is 0.398. The molecule has 3 heteroatoms. The van der Waals surface area contributed by atoms with Gasteiger partial charge in [-0.3, -0.25) is 4.90 Å². The third-order valence-electron chi connectivity index (χ3n) is 2.70. The van der Waals surface area contributed by atoms with E-state index >= 15 is 0 Å². The van der Waals surface area contributed by atoms with Crippen molar-refractivity contribution < 1.29 is 0 Å². The first-order chi connectivity index (χ1) is 7.01. The molecule has 1 heterocycles. The van der Waals surface area contributed by atoms with Gasteiger partial charge in [0.2, 0.25) is 0 Å². The molecule has 15 heavy (non-hydrogen) atoms. The number of nitrogens with zero attached hydrogens (tertiary/aromatic N) is 3. The van der Waals surface area contributed by atoms with E-state index in [9.17, 15) is 0 Å². The number of hydrogen-bond acceptors (Lipinski definition) is 3. The van der Waals surface area contributed by atoms with E-state index in [-0.39, 0.29) is 0 Å². The van der Waals surface area contributed by atoms with Crippen molar-refractivity contribution in [3.8, 4) is 6.07 Å². The monoisotopic (exact) mass is 209 g/mol. The largest absolute Gasteiger partial charge is 0.300 e. The molecule has 86 valence electrons. The van der Waals surface area contributed by atoms with Crippen LogP contribution in [0.25, 0.3) is 0 Å². The zero-order valence-electron chi connectivity index (χ0n) is 10.3. The standard InChI is InChI=1S/C12H23N3/c1-12(2,3)11-15-9-7-14(8-10-15)6-4-5-13/h4,6-11H2,1-3H3. The van der Waals surface area contributed by atoms with Crippen molar-refractivity contribution in [1.29, 1.82) is 5.26 Å². The molecule has 0 aromatic rings. The minimum Gasteiger partial charge on any atom is -0.300 e. The summed E-state index contributed by atoms with van der Waals surface area (Å²) in [5, 5.41) is 8.51. The van der Waals surface area contributed by atoms with Crippen LogP contribution in [0.5, 0.6) is 0 Å². The lowest BCUT2D eigenvalue weighted by Gasteiger charge is -2.37. The van der Waals surface area contributed by atoms with Gasteiger partial charge in [-0.15, -0.1) is 0 Å². The van der Waals surface area contributed by atoms with Gasteiger partial charge in [0.15, 0.2) is 0 Å². The molecule has 1 fully saturated rings. The van der Waals surface area contributed by atoms with Crippen molar-refractivity contribution >= 4 is 0 Å². The lowest BCUT2D eigenvalue weighted by molar-refractivity contribution is 0.104. The molecule has 1 aliphatic heterocycles. The highest BCUT2D eigenvalue weighted by molar-refractivity contribution is 4.78. The second-order valence-electron chi connectivity index (χ2n) is 5.59. The quantitative estimate of drug-likeness (QED) is 0.706. The Morgan fingerprint density at radius 1 is 1.07 bits per heavy atom. The highest BCUT2D eigenvalue weighted by Gasteiger charge is 2.20. The fourth-order valence-corrected chi connectivity index (χ4v) is 2.05. The lowest BCUT2D eigenvalue weighted by atomic mass is 9.96. The van der Waals surface area contributed by atoms with Crippen LogP contribution in [-0.2, 0) is 0 Å². The number of hydrogen-bond donors (Lipinski definition) is 0. The van der Waals surface area contributed by atoms with Gasteiger partial charge in [0.25, 0.3) is 0 Å². The van der Waals surface area contributed by atoms with Gasteiger partial charge in [0.1, 0.15) is 0 Å². The van der Waals surface area contributed by atoms with Crippen molar-refractivity contribution in [3.63, 3.8) is 0 Å². The molecule has 0 N–H and O–H groups in total. The Hall–Kier alpha value is -0.590. The van der Waals surface area contributed by atoms with Gasteiger partial charge < -0.3 is 4.90 Å². The van der Waals surface area contributed by atoms with Crippen molar-refractivity contribution in [3.05, 3.63) is 0 Å². The van der Waals surface area contributed by atoms with E-state index < -0.39 is 0 Å². The summed E-state index contributed by atoms with van der Waals surface area (Å²) in [7, 11) is 0. The number of rotatable bonds is 3. The van der Waals surface area contributed by atoms with Crippen LogP contribution in [0, 0.1) is 16.7 Å². The molecular formula is C12H23N3. The summed E-state index contributed by atoms with van der Waals surface area (Å²) in [6.45, 7) is 13.5. The maximum atomic E-state index is 8.51. The molecule has 0 amide bonds. The third kappa shape index (κ3) is 5.15. The third-order valence-corrected chi connectivity index (χ3v) is 2.70. The van der Waals surface area contributed by atoms with Crippen LogP contribution in [0.4, 0.5) is 0 Å². The predicted molar refractivity (Wildman–Crippen MR) is 62.6 cm³/mol. The normalized spacial score (nSPS) is 20.1. The predicted octanol–water partition coefficient (Wildman–Crippen LogP) is 1.56. The average molecular weight is 209 g/mol. The summed E-state index contributed by atoms with van der Waals surface area (Å²) >= 11 is 0. The van der Waals surface area contributed by atoms with Crippen molar-refractivity contribution in [2.45, 2.75) is 27.2 Å². The topological polar surface area (TPSA) is 30.3 Å². The van der Waals surface area contributed by atoms with E-state index in [1.165, 1.54) is 6.54 Å². The van der Waals surface area contributed by atoms with Gasteiger partial charge in [-0.25, -0.2) is 0 Å². The van der Waals surface area contributed by atoms with E-state index in [2.05, 4.69) is 36.6 Å². The lowest BCUT2D eigenvalue weighted by Crippen LogP contribution is -2.48. The summed E-state index contributed by atoms with van der Waals surface area (Å²) < 4.78 is 0. The molecule has 0 radical (unpaired) electrons. The zero-order valence-corrected chi connectivity index (χ0v) is 10.3. The summed E-state index contributed by atoms with van der Waals surface area (Å²) in [4.78, 5) is 4.92. The highest BCUT2D eigenvalue weighted by atomic mass is 15.3. The Balaban J connectivity index is 2.21. The molecule has 0 saturated carbocycles. The molecule has 0 aliphatic carbocycles. The van der Waals surface area contributed by atoms with Crippen LogP contribution in [0.1, 0.15) is 27.2 Å². The molecule has 0 atom stereocenters. The average Bonchev–Trinajstić information content (AvgIpc) is 2.14. The molecule has 1 saturated heterocycles. The summed E-state index contributed by atoms with van der Waals surface area (Å²) in [6, 6.07) is 2.21. The fourth-order valence-electron chi connectivity index (χ4n) is 2.05. The molecule has 0 spiro atoms. The molecule has 0 aromatic carbocycles. The molecule has 0 bridgehead atoms. The smallest absolute Gasteiger partial charge is 0.0635 e. The van der Waals surface area contributed by atoms with E-state index in [0.29, 0.717) is 11.8 Å². The maximum absolute atomic E-state index is 8.51. The molecule has 1 aliphatic rings. The van der Waals surface area contributed by atoms with Crippen LogP contribution in [0.2, 0.25) is 0 Å². The Morgan fingerprint density at radius 2 is 1.60 bits per heavy atom. The van der Waals surface area contributed by atoms with Crippen LogP contribution in [-0.4, -0.2) is 49.1 Å². The fraction of sp³-hybridized carbons (Fsp3) is 0.917. The van der Waals surface area contributed by atoms with E-state index in [1.807, 2.05) is 0 Å². The van der Waals surface area contributed by atoms with Gasteiger partial charge in [-0.2, -0.15) is 5.26 Å². The van der Waals surface area contributed by atoms with Gasteiger partial charge in [-0.05, 0) is 5.41 Å². The van der Waals surface area contributed by atoms with Crippen molar-refractivity contribution in [1.82, 2.24) is 9.80 Å². The molecular weight excluding hydrogens is 186 g/mol. The number of piperazine rings is 1. The number of nitriles is 1. The van der Waals surface area contributed by atoms with Crippen LogP contribution in [0.3, 0.4) is 0 Å². The summed E-state index contributed by atoms with van der Waals surface area (Å²) in [6.07, 6.45) is 0.666. The first-order valence-corrected chi connectivity index (χ1v) is 5.83. The Morgan fingerprint density at radius 3 is 2.07 bits per heavy atom. The SMILES string of the molecule is CC(C)(C)CN1CCN(CCC#N)CC1. The Kier molecular flexibility index (Phi) is 4.56. The van der Waals surface area contributed by atoms with Crippen LogP contribution >= 0.6 is 0 Å². The maximum Gasteiger partial charge on any atom is 0.0635 e. The van der Waals surface area contributed by atoms with Gasteiger partial charge in [0, 0.05) is 45.7 Å². The van der Waals surface area contributed by atoms with E-state index in [0.717, 1.165) is 32.7 Å². The van der Waals surface area contributed by atoms with Crippen molar-refractivity contribution in [2.24, 2.45) is 5.41 Å². The summed E-state index contributed by atoms with van der Waals surface area (Å²) in [5.41, 5.74) is 0.398. The molecule has 0 aromatic heterocycles. The first-order valence-electron chi connectivity index (χ1n) is 5.83. The molecule has 3 nitrogen and oxygen atoms in total. The molecule has 0 unspecified atom stereocenters. The second kappa shape index (κ2) is 5.48. The molecule has 1 rings (SSSR count). The summed E-state index contributed by atoms with van der Waals surface area (Å²) in [5.74, 6) is 0. The zero-order chi connectivity index (χ0) is 11.3. The van der Waals surface area contributed by atoms with E-state index in [1.54, 1.807) is 0 Å².